The minimum absolute atomic E-state index is 0.0385. The van der Waals surface area contributed by atoms with E-state index in [1.807, 2.05) is 4.57 Å². The van der Waals surface area contributed by atoms with Crippen LogP contribution in [0.25, 0.3) is 10.2 Å². The van der Waals surface area contributed by atoms with E-state index < -0.39 is 0 Å². The van der Waals surface area contributed by atoms with Gasteiger partial charge in [-0.15, -0.1) is 11.3 Å². The Bertz CT molecular complexity index is 943. The molecule has 7 heteroatoms. The van der Waals surface area contributed by atoms with Crippen molar-refractivity contribution in [1.29, 1.82) is 0 Å². The van der Waals surface area contributed by atoms with Crippen LogP contribution in [0.4, 0.5) is 0 Å². The quantitative estimate of drug-likeness (QED) is 0.544. The average molecular weight is 420 g/mol. The first-order valence-corrected chi connectivity index (χ1v) is 12.2. The number of amides is 1. The van der Waals surface area contributed by atoms with E-state index in [9.17, 15) is 9.59 Å². The number of thiophene rings is 1. The zero-order chi connectivity index (χ0) is 19.8. The van der Waals surface area contributed by atoms with Crippen molar-refractivity contribution < 1.29 is 4.79 Å². The molecule has 2 heterocycles. The van der Waals surface area contributed by atoms with Crippen molar-refractivity contribution in [1.82, 2.24) is 14.9 Å². The standard InChI is InChI=1S/C21H29N3O2S2/c1-12(2)8-9-24-20(26)18-15-7-4-13(3)10-16(15)28-19(18)23-21(24)27-11-17(25)22-14-5-6-14/h12-14H,4-11H2,1-3H3,(H,22,25)/t13-/m1/s1. The molecule has 152 valence electrons. The highest BCUT2D eigenvalue weighted by molar-refractivity contribution is 7.99. The summed E-state index contributed by atoms with van der Waals surface area (Å²) in [7, 11) is 0. The van der Waals surface area contributed by atoms with E-state index in [4.69, 9.17) is 4.98 Å². The number of hydrogen-bond acceptors (Lipinski definition) is 5. The lowest BCUT2D eigenvalue weighted by Crippen LogP contribution is -2.28. The lowest BCUT2D eigenvalue weighted by molar-refractivity contribution is -0.118. The highest BCUT2D eigenvalue weighted by Crippen LogP contribution is 2.36. The van der Waals surface area contributed by atoms with E-state index in [1.165, 1.54) is 22.2 Å². The molecule has 4 rings (SSSR count). The van der Waals surface area contributed by atoms with Crippen molar-refractivity contribution in [2.75, 3.05) is 5.75 Å². The van der Waals surface area contributed by atoms with Crippen molar-refractivity contribution >= 4 is 39.2 Å². The molecule has 2 aliphatic carbocycles. The Hall–Kier alpha value is -1.34. The number of carbonyl (C=O) groups excluding carboxylic acids is 1. The van der Waals surface area contributed by atoms with Gasteiger partial charge >= 0.3 is 0 Å². The monoisotopic (exact) mass is 419 g/mol. The number of carbonyl (C=O) groups is 1. The molecule has 0 aliphatic heterocycles. The minimum atomic E-state index is 0.0385. The molecule has 0 aromatic carbocycles. The van der Waals surface area contributed by atoms with Crippen LogP contribution in [-0.2, 0) is 24.2 Å². The Morgan fingerprint density at radius 1 is 1.36 bits per heavy atom. The van der Waals surface area contributed by atoms with Gasteiger partial charge in [-0.1, -0.05) is 32.5 Å². The normalized spacial score (nSPS) is 19.2. The third-order valence-electron chi connectivity index (χ3n) is 5.59. The van der Waals surface area contributed by atoms with Crippen LogP contribution in [-0.4, -0.2) is 27.3 Å². The number of rotatable bonds is 7. The summed E-state index contributed by atoms with van der Waals surface area (Å²) in [5.41, 5.74) is 1.32. The summed E-state index contributed by atoms with van der Waals surface area (Å²) < 4.78 is 1.82. The van der Waals surface area contributed by atoms with Crippen LogP contribution in [0.1, 0.15) is 56.9 Å². The molecular weight excluding hydrogens is 390 g/mol. The fourth-order valence-corrected chi connectivity index (χ4v) is 5.99. The number of nitrogens with one attached hydrogen (secondary N) is 1. The Morgan fingerprint density at radius 3 is 2.86 bits per heavy atom. The van der Waals surface area contributed by atoms with Crippen molar-refractivity contribution in [2.24, 2.45) is 11.8 Å². The maximum absolute atomic E-state index is 13.4. The van der Waals surface area contributed by atoms with Crippen molar-refractivity contribution in [3.63, 3.8) is 0 Å². The van der Waals surface area contributed by atoms with Crippen LogP contribution in [0.15, 0.2) is 9.95 Å². The Balaban J connectivity index is 1.68. The third-order valence-corrected chi connectivity index (χ3v) is 7.71. The van der Waals surface area contributed by atoms with Crippen LogP contribution < -0.4 is 10.9 Å². The second-order valence-corrected chi connectivity index (χ2v) is 10.7. The van der Waals surface area contributed by atoms with Crippen LogP contribution in [0, 0.1) is 11.8 Å². The van der Waals surface area contributed by atoms with Crippen LogP contribution in [0.3, 0.4) is 0 Å². The topological polar surface area (TPSA) is 64.0 Å². The fraction of sp³-hybridized carbons (Fsp3) is 0.667. The highest BCUT2D eigenvalue weighted by Gasteiger charge is 2.26. The predicted octanol–water partition coefficient (Wildman–Crippen LogP) is 4.00. The molecule has 5 nitrogen and oxygen atoms in total. The summed E-state index contributed by atoms with van der Waals surface area (Å²) in [5.74, 6) is 1.54. The number of fused-ring (bicyclic) bond motifs is 3. The zero-order valence-corrected chi connectivity index (χ0v) is 18.5. The van der Waals surface area contributed by atoms with E-state index in [-0.39, 0.29) is 11.5 Å². The van der Waals surface area contributed by atoms with Gasteiger partial charge in [-0.3, -0.25) is 14.2 Å². The zero-order valence-electron chi connectivity index (χ0n) is 16.9. The summed E-state index contributed by atoms with van der Waals surface area (Å²) in [5, 5.41) is 4.54. The fourth-order valence-electron chi connectivity index (χ4n) is 3.73. The molecule has 0 unspecified atom stereocenters. The van der Waals surface area contributed by atoms with Crippen molar-refractivity contribution in [2.45, 2.75) is 77.0 Å². The summed E-state index contributed by atoms with van der Waals surface area (Å²) in [6.07, 6.45) is 6.26. The summed E-state index contributed by atoms with van der Waals surface area (Å²) in [6.45, 7) is 7.27. The molecule has 1 saturated carbocycles. The molecule has 2 aromatic rings. The van der Waals surface area contributed by atoms with Gasteiger partial charge in [0.1, 0.15) is 4.83 Å². The smallest absolute Gasteiger partial charge is 0.263 e. The molecule has 1 amide bonds. The van der Waals surface area contributed by atoms with E-state index in [0.29, 0.717) is 35.3 Å². The van der Waals surface area contributed by atoms with E-state index in [2.05, 4.69) is 26.1 Å². The van der Waals surface area contributed by atoms with E-state index in [0.717, 1.165) is 48.7 Å². The van der Waals surface area contributed by atoms with Crippen LogP contribution in [0.5, 0.6) is 0 Å². The van der Waals surface area contributed by atoms with Gasteiger partial charge in [0.2, 0.25) is 5.91 Å². The SMILES string of the molecule is CC(C)CCn1c(SCC(=O)NC2CC2)nc2sc3c(c2c1=O)CC[C@@H](C)C3. The van der Waals surface area contributed by atoms with Gasteiger partial charge in [0, 0.05) is 17.5 Å². The number of thioether (sulfide) groups is 1. The van der Waals surface area contributed by atoms with Crippen molar-refractivity contribution in [3.05, 3.63) is 20.8 Å². The van der Waals surface area contributed by atoms with Gasteiger partial charge in [-0.25, -0.2) is 4.98 Å². The lowest BCUT2D eigenvalue weighted by Gasteiger charge is -2.18. The molecule has 2 aliphatic rings. The van der Waals surface area contributed by atoms with Crippen LogP contribution in [0.2, 0.25) is 0 Å². The number of hydrogen-bond donors (Lipinski definition) is 1. The van der Waals surface area contributed by atoms with E-state index in [1.54, 1.807) is 11.3 Å². The average Bonchev–Trinajstić information content (AvgIpc) is 3.37. The molecule has 2 aromatic heterocycles. The first-order valence-electron chi connectivity index (χ1n) is 10.4. The lowest BCUT2D eigenvalue weighted by atomic mass is 9.89. The maximum Gasteiger partial charge on any atom is 0.263 e. The molecule has 28 heavy (non-hydrogen) atoms. The van der Waals surface area contributed by atoms with Gasteiger partial charge in [-0.2, -0.15) is 0 Å². The highest BCUT2D eigenvalue weighted by atomic mass is 32.2. The second kappa shape index (κ2) is 8.19. The maximum atomic E-state index is 13.4. The van der Waals surface area contributed by atoms with Gasteiger partial charge in [0.15, 0.2) is 5.16 Å². The first kappa shape index (κ1) is 20.0. The number of aromatic nitrogens is 2. The van der Waals surface area contributed by atoms with Gasteiger partial charge in [-0.05, 0) is 55.9 Å². The molecule has 0 radical (unpaired) electrons. The number of aryl methyl sites for hydroxylation is 1. The Kier molecular flexibility index (Phi) is 5.83. The molecule has 1 atom stereocenters. The van der Waals surface area contributed by atoms with Crippen LogP contribution >= 0.6 is 23.1 Å². The van der Waals surface area contributed by atoms with Gasteiger partial charge in [0.25, 0.3) is 5.56 Å². The predicted molar refractivity (Wildman–Crippen MR) is 116 cm³/mol. The largest absolute Gasteiger partial charge is 0.353 e. The Morgan fingerprint density at radius 2 is 2.14 bits per heavy atom. The second-order valence-electron chi connectivity index (χ2n) is 8.70. The molecule has 0 saturated heterocycles. The first-order chi connectivity index (χ1) is 13.4. The third kappa shape index (κ3) is 4.30. The molecule has 0 bridgehead atoms. The van der Waals surface area contributed by atoms with Gasteiger partial charge in [0.05, 0.1) is 11.1 Å². The Labute approximate surface area is 174 Å². The molecular formula is C21H29N3O2S2. The molecule has 0 spiro atoms. The molecule has 1 N–H and O–H groups in total. The van der Waals surface area contributed by atoms with E-state index >= 15 is 0 Å². The summed E-state index contributed by atoms with van der Waals surface area (Å²) in [6, 6.07) is 0.359. The number of nitrogens with zero attached hydrogens (tertiary/aromatic N) is 2. The van der Waals surface area contributed by atoms with Crippen molar-refractivity contribution in [3.8, 4) is 0 Å². The molecule has 1 fully saturated rings. The summed E-state index contributed by atoms with van der Waals surface area (Å²) >= 11 is 3.08. The summed E-state index contributed by atoms with van der Waals surface area (Å²) in [4.78, 5) is 32.6. The minimum Gasteiger partial charge on any atom is -0.353 e. The van der Waals surface area contributed by atoms with Gasteiger partial charge < -0.3 is 5.32 Å².